The SMILES string of the molecule is C=CC(=O)Nc1cc(Nc2nccc(-n3ncc4cc(OC)ccc43)n2)c(OC)cc1N(C)CCN1CCCC1. The molecule has 11 nitrogen and oxygen atoms in total. The lowest BCUT2D eigenvalue weighted by atomic mass is 10.2. The molecule has 2 aromatic heterocycles. The molecule has 1 aliphatic heterocycles. The summed E-state index contributed by atoms with van der Waals surface area (Å²) < 4.78 is 12.8. The van der Waals surface area contributed by atoms with Gasteiger partial charge in [-0.3, -0.25) is 4.79 Å². The van der Waals surface area contributed by atoms with E-state index in [4.69, 9.17) is 9.47 Å². The number of ether oxygens (including phenoxy) is 2. The number of carbonyl (C=O) groups is 1. The van der Waals surface area contributed by atoms with Gasteiger partial charge in [-0.2, -0.15) is 10.1 Å². The summed E-state index contributed by atoms with van der Waals surface area (Å²) in [7, 11) is 5.26. The number of aromatic nitrogens is 4. The third-order valence-electron chi connectivity index (χ3n) is 7.00. The Morgan fingerprint density at radius 3 is 2.70 bits per heavy atom. The number of amides is 1. The minimum absolute atomic E-state index is 0.300. The molecule has 2 N–H and O–H groups in total. The van der Waals surface area contributed by atoms with E-state index >= 15 is 0 Å². The van der Waals surface area contributed by atoms with E-state index < -0.39 is 0 Å². The summed E-state index contributed by atoms with van der Waals surface area (Å²) in [4.78, 5) is 26.0. The molecule has 0 radical (unpaired) electrons. The minimum Gasteiger partial charge on any atom is -0.497 e. The van der Waals surface area contributed by atoms with Crippen molar-refractivity contribution in [3.8, 4) is 17.3 Å². The van der Waals surface area contributed by atoms with Gasteiger partial charge in [-0.25, -0.2) is 9.67 Å². The number of likely N-dealkylation sites (N-methyl/N-ethyl adjacent to an activating group) is 1. The Kier molecular flexibility index (Phi) is 8.11. The molecule has 1 amide bonds. The molecule has 1 saturated heterocycles. The van der Waals surface area contributed by atoms with E-state index in [1.165, 1.54) is 18.9 Å². The van der Waals surface area contributed by atoms with E-state index in [0.29, 0.717) is 28.9 Å². The lowest BCUT2D eigenvalue weighted by Gasteiger charge is -2.26. The highest BCUT2D eigenvalue weighted by molar-refractivity contribution is 6.02. The van der Waals surface area contributed by atoms with Crippen LogP contribution in [0, 0.1) is 0 Å². The Morgan fingerprint density at radius 2 is 1.95 bits per heavy atom. The first-order chi connectivity index (χ1) is 19.5. The highest BCUT2D eigenvalue weighted by Crippen LogP contribution is 2.38. The third kappa shape index (κ3) is 5.84. The van der Waals surface area contributed by atoms with Gasteiger partial charge < -0.3 is 29.9 Å². The molecular weight excluding hydrogens is 508 g/mol. The summed E-state index contributed by atoms with van der Waals surface area (Å²) in [6, 6.07) is 11.3. The lowest BCUT2D eigenvalue weighted by molar-refractivity contribution is -0.111. The first kappa shape index (κ1) is 26.9. The molecular formula is C29H34N8O3. The van der Waals surface area contributed by atoms with Crippen LogP contribution < -0.4 is 25.0 Å². The maximum atomic E-state index is 12.3. The molecule has 1 aliphatic rings. The molecule has 3 heterocycles. The van der Waals surface area contributed by atoms with Gasteiger partial charge in [0.1, 0.15) is 11.5 Å². The summed E-state index contributed by atoms with van der Waals surface area (Å²) >= 11 is 0. The van der Waals surface area contributed by atoms with Gasteiger partial charge in [-0.1, -0.05) is 6.58 Å². The molecule has 0 aliphatic carbocycles. The maximum absolute atomic E-state index is 12.3. The molecule has 40 heavy (non-hydrogen) atoms. The molecule has 0 saturated carbocycles. The number of hydrogen-bond donors (Lipinski definition) is 2. The Bertz CT molecular complexity index is 1510. The van der Waals surface area contributed by atoms with Crippen LogP contribution in [0.5, 0.6) is 11.5 Å². The van der Waals surface area contributed by atoms with E-state index in [0.717, 1.165) is 48.5 Å². The van der Waals surface area contributed by atoms with E-state index in [2.05, 4.69) is 42.1 Å². The normalized spacial score (nSPS) is 13.3. The number of nitrogens with zero attached hydrogens (tertiary/aromatic N) is 6. The van der Waals surface area contributed by atoms with Crippen molar-refractivity contribution in [3.05, 3.63) is 61.4 Å². The summed E-state index contributed by atoms with van der Waals surface area (Å²) in [5.41, 5.74) is 2.95. The molecule has 11 heteroatoms. The number of benzene rings is 2. The van der Waals surface area contributed by atoms with Crippen molar-refractivity contribution < 1.29 is 14.3 Å². The van der Waals surface area contributed by atoms with Gasteiger partial charge >= 0.3 is 0 Å². The summed E-state index contributed by atoms with van der Waals surface area (Å²) in [5.74, 6) is 1.99. The predicted molar refractivity (Wildman–Crippen MR) is 157 cm³/mol. The van der Waals surface area contributed by atoms with Crippen LogP contribution in [0.4, 0.5) is 23.0 Å². The molecule has 0 atom stereocenters. The molecule has 0 bridgehead atoms. The molecule has 4 aromatic rings. The average molecular weight is 543 g/mol. The van der Waals surface area contributed by atoms with Gasteiger partial charge in [0.15, 0.2) is 5.82 Å². The van der Waals surface area contributed by atoms with Gasteiger partial charge in [0, 0.05) is 43.9 Å². The number of nitrogens with one attached hydrogen (secondary N) is 2. The van der Waals surface area contributed by atoms with Gasteiger partial charge in [0.25, 0.3) is 0 Å². The fourth-order valence-corrected chi connectivity index (χ4v) is 4.82. The number of methoxy groups -OCH3 is 2. The molecule has 208 valence electrons. The van der Waals surface area contributed by atoms with Gasteiger partial charge in [0.05, 0.1) is 43.0 Å². The second-order valence-electron chi connectivity index (χ2n) is 9.58. The summed E-state index contributed by atoms with van der Waals surface area (Å²) in [6.07, 6.45) is 7.17. The van der Waals surface area contributed by atoms with E-state index in [1.54, 1.807) is 37.4 Å². The van der Waals surface area contributed by atoms with Gasteiger partial charge in [0.2, 0.25) is 11.9 Å². The molecule has 1 fully saturated rings. The van der Waals surface area contributed by atoms with Crippen LogP contribution in [0.25, 0.3) is 16.7 Å². The second-order valence-corrected chi connectivity index (χ2v) is 9.58. The van der Waals surface area contributed by atoms with E-state index in [1.807, 2.05) is 37.4 Å². The molecule has 0 spiro atoms. The Morgan fingerprint density at radius 1 is 1.12 bits per heavy atom. The first-order valence-electron chi connectivity index (χ1n) is 13.2. The molecule has 5 rings (SSSR count). The fourth-order valence-electron chi connectivity index (χ4n) is 4.82. The number of likely N-dealkylation sites (tertiary alicyclic amines) is 1. The fraction of sp³-hybridized carbons (Fsp3) is 0.310. The first-order valence-corrected chi connectivity index (χ1v) is 13.2. The number of fused-ring (bicyclic) bond motifs is 1. The zero-order chi connectivity index (χ0) is 28.1. The van der Waals surface area contributed by atoms with Crippen LogP contribution in [0.15, 0.2) is 61.4 Å². The van der Waals surface area contributed by atoms with Crippen LogP contribution in [-0.2, 0) is 4.79 Å². The van der Waals surface area contributed by atoms with Crippen LogP contribution in [0.3, 0.4) is 0 Å². The zero-order valence-corrected chi connectivity index (χ0v) is 23.1. The van der Waals surface area contributed by atoms with Gasteiger partial charge in [-0.15, -0.1) is 0 Å². The predicted octanol–water partition coefficient (Wildman–Crippen LogP) is 4.23. The quantitative estimate of drug-likeness (QED) is 0.269. The van der Waals surface area contributed by atoms with Crippen molar-refractivity contribution in [1.29, 1.82) is 0 Å². The van der Waals surface area contributed by atoms with Crippen molar-refractivity contribution in [2.24, 2.45) is 0 Å². The zero-order valence-electron chi connectivity index (χ0n) is 23.1. The van der Waals surface area contributed by atoms with Crippen molar-refractivity contribution in [1.82, 2.24) is 24.6 Å². The highest BCUT2D eigenvalue weighted by atomic mass is 16.5. The van der Waals surface area contributed by atoms with Gasteiger partial charge in [-0.05, 0) is 56.3 Å². The smallest absolute Gasteiger partial charge is 0.247 e. The van der Waals surface area contributed by atoms with Crippen molar-refractivity contribution in [2.45, 2.75) is 12.8 Å². The van der Waals surface area contributed by atoms with Crippen LogP contribution in [0.2, 0.25) is 0 Å². The molecule has 0 unspecified atom stereocenters. The van der Waals surface area contributed by atoms with Crippen LogP contribution >= 0.6 is 0 Å². The highest BCUT2D eigenvalue weighted by Gasteiger charge is 2.18. The largest absolute Gasteiger partial charge is 0.497 e. The monoisotopic (exact) mass is 542 g/mol. The maximum Gasteiger partial charge on any atom is 0.247 e. The number of carbonyl (C=O) groups excluding carboxylic acids is 1. The number of anilines is 4. The topological polar surface area (TPSA) is 110 Å². The average Bonchev–Trinajstić information content (AvgIpc) is 3.66. The van der Waals surface area contributed by atoms with Crippen molar-refractivity contribution in [3.63, 3.8) is 0 Å². The standard InChI is InChI=1S/C29H34N8O3/c1-5-28(38)32-22-17-23(26(40-4)18-25(22)35(2)14-15-36-12-6-7-13-36)33-29-30-11-10-27(34-29)37-24-9-8-21(39-3)16-20(24)19-31-37/h5,8-11,16-19H,1,6-7,12-15H2,2-4H3,(H,32,38)(H,30,33,34). The van der Waals surface area contributed by atoms with Crippen LogP contribution in [0.1, 0.15) is 12.8 Å². The summed E-state index contributed by atoms with van der Waals surface area (Å²) in [5, 5.41) is 11.6. The Hall–Kier alpha value is -4.64. The Balaban J connectivity index is 1.44. The Labute approximate surface area is 233 Å². The second kappa shape index (κ2) is 12.0. The molecule has 2 aromatic carbocycles. The summed E-state index contributed by atoms with van der Waals surface area (Å²) in [6.45, 7) is 7.61. The van der Waals surface area contributed by atoms with E-state index in [9.17, 15) is 4.79 Å². The minimum atomic E-state index is -0.300. The number of hydrogen-bond acceptors (Lipinski definition) is 9. The van der Waals surface area contributed by atoms with E-state index in [-0.39, 0.29) is 5.91 Å². The van der Waals surface area contributed by atoms with Crippen molar-refractivity contribution in [2.75, 3.05) is 63.0 Å². The van der Waals surface area contributed by atoms with Crippen molar-refractivity contribution >= 4 is 39.8 Å². The number of rotatable bonds is 11. The van der Waals surface area contributed by atoms with Crippen LogP contribution in [-0.4, -0.2) is 78.0 Å². The third-order valence-corrected chi connectivity index (χ3v) is 7.00. The lowest BCUT2D eigenvalue weighted by Crippen LogP contribution is -2.32.